The molecule has 0 N–H and O–H groups in total. The zero-order chi connectivity index (χ0) is 17.6. The van der Waals surface area contributed by atoms with Crippen molar-refractivity contribution in [1.82, 2.24) is 0 Å². The minimum absolute atomic E-state index is 0.0635. The van der Waals surface area contributed by atoms with Crippen LogP contribution >= 0.6 is 0 Å². The van der Waals surface area contributed by atoms with Crippen molar-refractivity contribution < 1.29 is 22.7 Å². The second-order valence-electron chi connectivity index (χ2n) is 5.15. The molecule has 0 aliphatic carbocycles. The molecule has 0 aromatic heterocycles. The molecule has 0 aliphatic heterocycles. The van der Waals surface area contributed by atoms with Crippen LogP contribution in [-0.2, 0) is 25.8 Å². The quantitative estimate of drug-likeness (QED) is 0.720. The smallest absolute Gasteiger partial charge is 0.325 e. The van der Waals surface area contributed by atoms with E-state index in [9.17, 15) is 13.2 Å². The Bertz CT molecular complexity index is 767. The third-order valence-corrected chi connectivity index (χ3v) is 5.61. The standard InChI is InChI=1S/C18H20O5S/c1-3-23-18(19)17(13-14-7-5-4-6-8-14)24(20,21)16-11-9-15(22-2)10-12-16/h4-12,17H,3,13H2,1-2H3/t17-/m0/s1. The van der Waals surface area contributed by atoms with Gasteiger partial charge in [0.15, 0.2) is 15.1 Å². The molecule has 0 spiro atoms. The van der Waals surface area contributed by atoms with E-state index in [2.05, 4.69) is 0 Å². The highest BCUT2D eigenvalue weighted by Crippen LogP contribution is 2.23. The Kier molecular flexibility index (Phi) is 5.98. The third kappa shape index (κ3) is 4.14. The molecule has 6 heteroatoms. The predicted octanol–water partition coefficient (Wildman–Crippen LogP) is 2.64. The first kappa shape index (κ1) is 18.0. The number of ether oxygens (including phenoxy) is 2. The van der Waals surface area contributed by atoms with Crippen LogP contribution < -0.4 is 4.74 Å². The molecule has 0 radical (unpaired) electrons. The highest BCUT2D eigenvalue weighted by molar-refractivity contribution is 7.92. The normalized spacial score (nSPS) is 12.4. The van der Waals surface area contributed by atoms with E-state index < -0.39 is 21.1 Å². The molecule has 24 heavy (non-hydrogen) atoms. The summed E-state index contributed by atoms with van der Waals surface area (Å²) in [6.45, 7) is 1.78. The van der Waals surface area contributed by atoms with Gasteiger partial charge in [0.1, 0.15) is 5.75 Å². The van der Waals surface area contributed by atoms with E-state index in [0.29, 0.717) is 5.75 Å². The van der Waals surface area contributed by atoms with Crippen LogP contribution in [-0.4, -0.2) is 33.4 Å². The number of rotatable bonds is 7. The second kappa shape index (κ2) is 7.97. The van der Waals surface area contributed by atoms with Crippen molar-refractivity contribution >= 4 is 15.8 Å². The lowest BCUT2D eigenvalue weighted by molar-refractivity contribution is -0.142. The maximum atomic E-state index is 12.9. The molecule has 2 aromatic carbocycles. The number of carbonyl (C=O) groups excluding carboxylic acids is 1. The molecule has 2 aromatic rings. The fourth-order valence-corrected chi connectivity index (χ4v) is 3.89. The van der Waals surface area contributed by atoms with Crippen LogP contribution in [0.4, 0.5) is 0 Å². The molecule has 128 valence electrons. The summed E-state index contributed by atoms with van der Waals surface area (Å²) in [5.41, 5.74) is 0.757. The Balaban J connectivity index is 2.38. The van der Waals surface area contributed by atoms with Crippen LogP contribution in [0.2, 0.25) is 0 Å². The van der Waals surface area contributed by atoms with Crippen LogP contribution in [0.25, 0.3) is 0 Å². The minimum Gasteiger partial charge on any atom is -0.497 e. The fourth-order valence-electron chi connectivity index (χ4n) is 2.31. The van der Waals surface area contributed by atoms with Gasteiger partial charge in [-0.1, -0.05) is 30.3 Å². The van der Waals surface area contributed by atoms with Gasteiger partial charge in [0, 0.05) is 6.42 Å². The fraction of sp³-hybridized carbons (Fsp3) is 0.278. The van der Waals surface area contributed by atoms with Crippen molar-refractivity contribution in [3.05, 3.63) is 60.2 Å². The summed E-state index contributed by atoms with van der Waals surface area (Å²) < 4.78 is 35.8. The Hall–Kier alpha value is -2.34. The van der Waals surface area contributed by atoms with E-state index in [0.717, 1.165) is 5.56 Å². The van der Waals surface area contributed by atoms with Gasteiger partial charge in [0.05, 0.1) is 18.6 Å². The highest BCUT2D eigenvalue weighted by Gasteiger charge is 2.35. The Labute approximate surface area is 142 Å². The van der Waals surface area contributed by atoms with Gasteiger partial charge < -0.3 is 9.47 Å². The molecule has 0 aliphatic rings. The number of methoxy groups -OCH3 is 1. The molecule has 0 bridgehead atoms. The zero-order valence-corrected chi connectivity index (χ0v) is 14.5. The van der Waals surface area contributed by atoms with Gasteiger partial charge >= 0.3 is 5.97 Å². The third-order valence-electron chi connectivity index (χ3n) is 3.58. The van der Waals surface area contributed by atoms with Crippen LogP contribution in [0.5, 0.6) is 5.75 Å². The number of esters is 1. The van der Waals surface area contributed by atoms with E-state index in [4.69, 9.17) is 9.47 Å². The van der Waals surface area contributed by atoms with Crippen LogP contribution in [0.3, 0.4) is 0 Å². The summed E-state index contributed by atoms with van der Waals surface area (Å²) in [4.78, 5) is 12.3. The number of hydrogen-bond donors (Lipinski definition) is 0. The topological polar surface area (TPSA) is 69.7 Å². The van der Waals surface area contributed by atoms with Gasteiger partial charge in [-0.2, -0.15) is 0 Å². The molecule has 5 nitrogen and oxygen atoms in total. The Morgan fingerprint density at radius 3 is 2.21 bits per heavy atom. The molecular weight excluding hydrogens is 328 g/mol. The molecule has 0 saturated heterocycles. The molecule has 1 atom stereocenters. The number of sulfone groups is 1. The van der Waals surface area contributed by atoms with Crippen molar-refractivity contribution in [2.24, 2.45) is 0 Å². The van der Waals surface area contributed by atoms with Gasteiger partial charge in [0.25, 0.3) is 0 Å². The molecule has 0 fully saturated rings. The second-order valence-corrected chi connectivity index (χ2v) is 7.28. The average molecular weight is 348 g/mol. The summed E-state index contributed by atoms with van der Waals surface area (Å²) >= 11 is 0. The first-order chi connectivity index (χ1) is 11.5. The van der Waals surface area contributed by atoms with Crippen molar-refractivity contribution in [3.63, 3.8) is 0 Å². The summed E-state index contributed by atoms with van der Waals surface area (Å²) in [6.07, 6.45) is 0.0635. The summed E-state index contributed by atoms with van der Waals surface area (Å²) in [5.74, 6) is -0.193. The lowest BCUT2D eigenvalue weighted by Crippen LogP contribution is -2.34. The van der Waals surface area contributed by atoms with Crippen molar-refractivity contribution in [3.8, 4) is 5.75 Å². The Morgan fingerprint density at radius 1 is 1.04 bits per heavy atom. The van der Waals surface area contributed by atoms with Crippen LogP contribution in [0.1, 0.15) is 12.5 Å². The van der Waals surface area contributed by atoms with Gasteiger partial charge in [-0.15, -0.1) is 0 Å². The van der Waals surface area contributed by atoms with Gasteiger partial charge in [-0.25, -0.2) is 8.42 Å². The van der Waals surface area contributed by atoms with Crippen molar-refractivity contribution in [2.45, 2.75) is 23.5 Å². The lowest BCUT2D eigenvalue weighted by atomic mass is 10.1. The zero-order valence-electron chi connectivity index (χ0n) is 13.6. The largest absolute Gasteiger partial charge is 0.497 e. The number of benzene rings is 2. The van der Waals surface area contributed by atoms with E-state index in [1.165, 1.54) is 19.2 Å². The molecule has 2 rings (SSSR count). The molecular formula is C18H20O5S. The summed E-state index contributed by atoms with van der Waals surface area (Å²) in [6, 6.07) is 15.0. The SMILES string of the molecule is CCOC(=O)[C@H](Cc1ccccc1)S(=O)(=O)c1ccc(OC)cc1. The molecule has 0 heterocycles. The maximum Gasteiger partial charge on any atom is 0.325 e. The van der Waals surface area contributed by atoms with Crippen LogP contribution in [0, 0.1) is 0 Å². The summed E-state index contributed by atoms with van der Waals surface area (Å²) in [7, 11) is -2.38. The average Bonchev–Trinajstić information content (AvgIpc) is 2.60. The molecule has 0 unspecified atom stereocenters. The maximum absolute atomic E-state index is 12.9. The van der Waals surface area contributed by atoms with Crippen LogP contribution in [0.15, 0.2) is 59.5 Å². The van der Waals surface area contributed by atoms with E-state index in [1.54, 1.807) is 43.3 Å². The molecule has 0 amide bonds. The lowest BCUT2D eigenvalue weighted by Gasteiger charge is -2.17. The van der Waals surface area contributed by atoms with Gasteiger partial charge in [-0.3, -0.25) is 4.79 Å². The monoisotopic (exact) mass is 348 g/mol. The van der Waals surface area contributed by atoms with Crippen molar-refractivity contribution in [1.29, 1.82) is 0 Å². The number of carbonyl (C=O) groups is 1. The molecule has 0 saturated carbocycles. The van der Waals surface area contributed by atoms with Crippen molar-refractivity contribution in [2.75, 3.05) is 13.7 Å². The summed E-state index contributed by atoms with van der Waals surface area (Å²) in [5, 5.41) is -1.28. The predicted molar refractivity (Wildman–Crippen MR) is 90.7 cm³/mol. The van der Waals surface area contributed by atoms with E-state index >= 15 is 0 Å². The first-order valence-corrected chi connectivity index (χ1v) is 9.12. The highest BCUT2D eigenvalue weighted by atomic mass is 32.2. The van der Waals surface area contributed by atoms with Gasteiger partial charge in [0.2, 0.25) is 0 Å². The van der Waals surface area contributed by atoms with E-state index in [-0.39, 0.29) is 17.9 Å². The van der Waals surface area contributed by atoms with E-state index in [1.807, 2.05) is 6.07 Å². The first-order valence-electron chi connectivity index (χ1n) is 7.57. The minimum atomic E-state index is -3.88. The number of hydrogen-bond acceptors (Lipinski definition) is 5. The Morgan fingerprint density at radius 2 is 1.67 bits per heavy atom. The van der Waals surface area contributed by atoms with Gasteiger partial charge in [-0.05, 0) is 36.8 Å².